The lowest BCUT2D eigenvalue weighted by molar-refractivity contribution is -0.870. The van der Waals surface area contributed by atoms with Crippen molar-refractivity contribution in [1.29, 1.82) is 0 Å². The Hall–Kier alpha value is -3.85. The van der Waals surface area contributed by atoms with Gasteiger partial charge in [-0.1, -0.05) is 263 Å². The molecule has 0 bridgehead atoms. The minimum absolute atomic E-state index is 0.0403. The number of nitrogens with zero attached hydrogens (tertiary/aromatic N) is 1. The van der Waals surface area contributed by atoms with Crippen LogP contribution in [-0.4, -0.2) is 70.0 Å². The van der Waals surface area contributed by atoms with Gasteiger partial charge >= 0.3 is 11.9 Å². The number of esters is 2. The van der Waals surface area contributed by atoms with Gasteiger partial charge in [-0.25, -0.2) is 0 Å². The number of carbonyl (C=O) groups excluding carboxylic acids is 2. The zero-order chi connectivity index (χ0) is 57.0. The molecule has 0 amide bonds. The molecule has 0 aliphatic carbocycles. The minimum atomic E-state index is -4.66. The summed E-state index contributed by atoms with van der Waals surface area (Å²) in [6, 6.07) is 0. The van der Waals surface area contributed by atoms with Crippen LogP contribution in [0.4, 0.5) is 0 Å². The van der Waals surface area contributed by atoms with Gasteiger partial charge < -0.3 is 27.9 Å². The van der Waals surface area contributed by atoms with Crippen LogP contribution in [0.2, 0.25) is 0 Å². The Bertz CT molecular complexity index is 1780. The summed E-state index contributed by atoms with van der Waals surface area (Å²) in [7, 11) is 1.11. The van der Waals surface area contributed by atoms with Crippen LogP contribution in [0.25, 0.3) is 0 Å². The SMILES string of the molecule is CC/C=C\C/C=C\C/C=C\C/C=C\C/C=C\C/C=C\CCCCCCCCCCCCCCCCCCCCCCC(=O)OC(COC(=O)C/C=C\C/C=C\C/C=C\C/C=C\C/C=C\CC)COP(=O)([O-])OCC[N+](C)(C)C. The summed E-state index contributed by atoms with van der Waals surface area (Å²) in [4.78, 5) is 37.8. The van der Waals surface area contributed by atoms with Gasteiger partial charge in [-0.05, 0) is 89.9 Å². The molecule has 2 unspecified atom stereocenters. The van der Waals surface area contributed by atoms with Crippen molar-refractivity contribution < 1.29 is 42.1 Å². The van der Waals surface area contributed by atoms with Crippen LogP contribution in [0.15, 0.2) is 134 Å². The van der Waals surface area contributed by atoms with E-state index in [1.54, 1.807) is 6.08 Å². The standard InChI is InChI=1S/C68H114NO8P/c1-6-8-10-12-14-16-18-20-22-23-24-25-26-27-28-29-30-31-32-33-34-35-36-37-38-39-40-41-42-43-44-45-47-49-51-53-55-57-59-61-68(71)77-66(65-76-78(72,73)75-63-62-69(3,4)5)64-74-67(70)60-58-56-54-52-50-48-46-21-19-17-15-13-11-9-7-2/h8-11,14-17,20-22,24-25,27-28,30-31,46,50,52,56,58,66H,6-7,12-13,18-19,23,26,29,32-45,47-49,51,53-55,57,59-65H2,1-5H3/b10-8-,11-9-,16-14-,17-15-,22-20-,25-24-,28-27-,31-30-,46-21-,52-50-,58-56-. The van der Waals surface area contributed by atoms with Gasteiger partial charge in [-0.3, -0.25) is 14.2 Å². The summed E-state index contributed by atoms with van der Waals surface area (Å²) in [6.45, 7) is 3.89. The molecule has 0 saturated carbocycles. The zero-order valence-electron chi connectivity index (χ0n) is 50.3. The molecule has 0 aromatic rings. The number of likely N-dealkylation sites (N-methyl/N-ethyl adjacent to an activating group) is 1. The molecule has 0 radical (unpaired) electrons. The van der Waals surface area contributed by atoms with E-state index in [4.69, 9.17) is 18.5 Å². The second kappa shape index (κ2) is 57.8. The molecule has 2 atom stereocenters. The number of hydrogen-bond donors (Lipinski definition) is 0. The molecule has 0 spiro atoms. The Balaban J connectivity index is 4.03. The van der Waals surface area contributed by atoms with Crippen molar-refractivity contribution >= 4 is 19.8 Å². The van der Waals surface area contributed by atoms with Crippen molar-refractivity contribution in [3.8, 4) is 0 Å². The molecule has 0 aliphatic rings. The molecule has 0 fully saturated rings. The largest absolute Gasteiger partial charge is 0.756 e. The maximum Gasteiger partial charge on any atom is 0.309 e. The molecule has 0 saturated heterocycles. The van der Waals surface area contributed by atoms with Gasteiger partial charge in [0.1, 0.15) is 19.8 Å². The van der Waals surface area contributed by atoms with Crippen molar-refractivity contribution in [2.75, 3.05) is 47.5 Å². The van der Waals surface area contributed by atoms with Gasteiger partial charge in [-0.2, -0.15) is 0 Å². The summed E-state index contributed by atoms with van der Waals surface area (Å²) < 4.78 is 34.0. The van der Waals surface area contributed by atoms with E-state index in [1.807, 2.05) is 33.3 Å². The molecular formula is C68H114NO8P. The molecule has 0 aromatic heterocycles. The molecule has 0 aromatic carbocycles. The quantitative estimate of drug-likeness (QED) is 0.0195. The first kappa shape index (κ1) is 74.2. The third-order valence-corrected chi connectivity index (χ3v) is 13.7. The van der Waals surface area contributed by atoms with E-state index in [0.29, 0.717) is 23.9 Å². The monoisotopic (exact) mass is 1100 g/mol. The number of carbonyl (C=O) groups is 2. The van der Waals surface area contributed by atoms with Crippen LogP contribution in [0, 0.1) is 0 Å². The molecule has 0 aliphatic heterocycles. The number of phosphoric ester groups is 1. The summed E-state index contributed by atoms with van der Waals surface area (Å²) in [6.07, 6.45) is 84.2. The van der Waals surface area contributed by atoms with E-state index in [0.717, 1.165) is 83.5 Å². The number of unbranched alkanes of at least 4 members (excludes halogenated alkanes) is 20. The molecule has 0 N–H and O–H groups in total. The highest BCUT2D eigenvalue weighted by molar-refractivity contribution is 7.45. The van der Waals surface area contributed by atoms with Crippen molar-refractivity contribution in [1.82, 2.24) is 0 Å². The lowest BCUT2D eigenvalue weighted by Crippen LogP contribution is -2.37. The Labute approximate surface area is 479 Å². The maximum absolute atomic E-state index is 12.8. The Morgan fingerprint density at radius 3 is 1.09 bits per heavy atom. The van der Waals surface area contributed by atoms with E-state index < -0.39 is 32.5 Å². The topological polar surface area (TPSA) is 111 Å². The second-order valence-corrected chi connectivity index (χ2v) is 22.7. The Kier molecular flexibility index (Phi) is 55.0. The van der Waals surface area contributed by atoms with E-state index in [9.17, 15) is 19.0 Å². The number of rotatable bonds is 55. The number of allylic oxidation sites excluding steroid dienone is 21. The number of hydrogen-bond acceptors (Lipinski definition) is 8. The van der Waals surface area contributed by atoms with Crippen LogP contribution >= 0.6 is 7.82 Å². The predicted octanol–water partition coefficient (Wildman–Crippen LogP) is 19.1. The Morgan fingerprint density at radius 1 is 0.410 bits per heavy atom. The number of phosphoric acid groups is 1. The van der Waals surface area contributed by atoms with E-state index >= 15 is 0 Å². The fraction of sp³-hybridized carbons (Fsp3) is 0.647. The Morgan fingerprint density at radius 2 is 0.731 bits per heavy atom. The van der Waals surface area contributed by atoms with Crippen molar-refractivity contribution in [3.63, 3.8) is 0 Å². The van der Waals surface area contributed by atoms with Crippen molar-refractivity contribution in [3.05, 3.63) is 134 Å². The summed E-state index contributed by atoms with van der Waals surface area (Å²) in [5.74, 6) is -0.983. The molecular weight excluding hydrogens is 990 g/mol. The maximum atomic E-state index is 12.8. The molecule has 9 nitrogen and oxygen atoms in total. The normalized spacial score (nSPS) is 14.2. The van der Waals surface area contributed by atoms with Gasteiger partial charge in [0, 0.05) is 6.42 Å². The average molecular weight is 1100 g/mol. The number of quaternary nitrogens is 1. The molecule has 0 heterocycles. The lowest BCUT2D eigenvalue weighted by atomic mass is 10.0. The fourth-order valence-corrected chi connectivity index (χ4v) is 8.76. The van der Waals surface area contributed by atoms with E-state index in [1.165, 1.54) is 109 Å². The van der Waals surface area contributed by atoms with Crippen molar-refractivity contribution in [2.45, 2.75) is 238 Å². The molecule has 78 heavy (non-hydrogen) atoms. The average Bonchev–Trinajstić information content (AvgIpc) is 3.41. The van der Waals surface area contributed by atoms with Gasteiger partial charge in [0.2, 0.25) is 0 Å². The van der Waals surface area contributed by atoms with Gasteiger partial charge in [0.25, 0.3) is 7.82 Å². The molecule has 10 heteroatoms. The van der Waals surface area contributed by atoms with Gasteiger partial charge in [0.15, 0.2) is 6.10 Å². The summed E-state index contributed by atoms with van der Waals surface area (Å²) >= 11 is 0. The minimum Gasteiger partial charge on any atom is -0.756 e. The lowest BCUT2D eigenvalue weighted by Gasteiger charge is -2.28. The van der Waals surface area contributed by atoms with Crippen LogP contribution in [-0.2, 0) is 32.7 Å². The van der Waals surface area contributed by atoms with Crippen LogP contribution in [0.1, 0.15) is 232 Å². The molecule has 444 valence electrons. The van der Waals surface area contributed by atoms with Crippen molar-refractivity contribution in [2.24, 2.45) is 0 Å². The third-order valence-electron chi connectivity index (χ3n) is 12.7. The highest BCUT2D eigenvalue weighted by atomic mass is 31.2. The van der Waals surface area contributed by atoms with E-state index in [2.05, 4.69) is 129 Å². The first-order valence-corrected chi connectivity index (χ1v) is 32.4. The van der Waals surface area contributed by atoms with E-state index in [-0.39, 0.29) is 26.1 Å². The van der Waals surface area contributed by atoms with Crippen LogP contribution < -0.4 is 4.89 Å². The number of ether oxygens (including phenoxy) is 2. The highest BCUT2D eigenvalue weighted by Crippen LogP contribution is 2.38. The van der Waals surface area contributed by atoms with Gasteiger partial charge in [-0.15, -0.1) is 0 Å². The summed E-state index contributed by atoms with van der Waals surface area (Å²) in [5.41, 5.74) is 0. The van der Waals surface area contributed by atoms with Crippen LogP contribution in [0.3, 0.4) is 0 Å². The second-order valence-electron chi connectivity index (χ2n) is 21.3. The predicted molar refractivity (Wildman–Crippen MR) is 332 cm³/mol. The highest BCUT2D eigenvalue weighted by Gasteiger charge is 2.21. The third kappa shape index (κ3) is 61.4. The zero-order valence-corrected chi connectivity index (χ0v) is 51.2. The first-order chi connectivity index (χ1) is 38.0. The fourth-order valence-electron chi connectivity index (χ4n) is 8.03. The van der Waals surface area contributed by atoms with Gasteiger partial charge in [0.05, 0.1) is 34.2 Å². The van der Waals surface area contributed by atoms with Crippen LogP contribution in [0.5, 0.6) is 0 Å². The first-order valence-electron chi connectivity index (χ1n) is 30.9. The summed E-state index contributed by atoms with van der Waals surface area (Å²) in [5, 5.41) is 0. The smallest absolute Gasteiger partial charge is 0.309 e. The molecule has 0 rings (SSSR count).